The number of rotatable bonds is 5. The lowest BCUT2D eigenvalue weighted by Gasteiger charge is -2.25. The molecule has 0 aromatic heterocycles. The zero-order valence-corrected chi connectivity index (χ0v) is 13.0. The van der Waals surface area contributed by atoms with E-state index in [1.807, 2.05) is 30.5 Å². The highest BCUT2D eigenvalue weighted by Crippen LogP contribution is 2.27. The Labute approximate surface area is 124 Å². The van der Waals surface area contributed by atoms with Gasteiger partial charge in [-0.2, -0.15) is 0 Å². The maximum Gasteiger partial charge on any atom is 0.238 e. The topological polar surface area (TPSA) is 50.4 Å². The maximum absolute atomic E-state index is 11.9. The summed E-state index contributed by atoms with van der Waals surface area (Å²) in [5.41, 5.74) is 0.914. The quantitative estimate of drug-likeness (QED) is 0.819. The summed E-state index contributed by atoms with van der Waals surface area (Å²) in [5.74, 6) is -0.0235. The standard InChI is InChI=1S/C15H22N2O2S/c1-15(2)10-19-9-13(15)16-8-14(18)17-11-4-6-12(20-3)7-5-11/h4-7,13,16H,8-10H2,1-3H3,(H,17,18). The first-order valence-corrected chi connectivity index (χ1v) is 7.99. The molecule has 0 bridgehead atoms. The van der Waals surface area contributed by atoms with Crippen molar-refractivity contribution in [1.29, 1.82) is 0 Å². The van der Waals surface area contributed by atoms with E-state index in [1.54, 1.807) is 11.8 Å². The van der Waals surface area contributed by atoms with Crippen LogP contribution in [0.2, 0.25) is 0 Å². The molecule has 2 N–H and O–H groups in total. The van der Waals surface area contributed by atoms with Crippen LogP contribution in [0.3, 0.4) is 0 Å². The smallest absolute Gasteiger partial charge is 0.238 e. The monoisotopic (exact) mass is 294 g/mol. The summed E-state index contributed by atoms with van der Waals surface area (Å²) in [7, 11) is 0. The molecule has 5 heteroatoms. The van der Waals surface area contributed by atoms with E-state index in [2.05, 4.69) is 24.5 Å². The molecule has 4 nitrogen and oxygen atoms in total. The number of carbonyl (C=O) groups excluding carboxylic acids is 1. The first-order chi connectivity index (χ1) is 9.51. The number of hydrogen-bond acceptors (Lipinski definition) is 4. The molecular weight excluding hydrogens is 272 g/mol. The zero-order valence-electron chi connectivity index (χ0n) is 12.2. The number of hydrogen-bond donors (Lipinski definition) is 2. The van der Waals surface area contributed by atoms with Gasteiger partial charge in [-0.05, 0) is 30.5 Å². The van der Waals surface area contributed by atoms with Crippen molar-refractivity contribution in [1.82, 2.24) is 5.32 Å². The summed E-state index contributed by atoms with van der Waals surface area (Å²) in [5, 5.41) is 6.17. The van der Waals surface area contributed by atoms with E-state index in [4.69, 9.17) is 4.74 Å². The third-order valence-corrected chi connectivity index (χ3v) is 4.33. The molecular formula is C15H22N2O2S. The van der Waals surface area contributed by atoms with E-state index in [0.29, 0.717) is 13.2 Å². The maximum atomic E-state index is 11.9. The Morgan fingerprint density at radius 3 is 2.65 bits per heavy atom. The Morgan fingerprint density at radius 2 is 2.10 bits per heavy atom. The van der Waals surface area contributed by atoms with Crippen LogP contribution in [-0.2, 0) is 9.53 Å². The van der Waals surface area contributed by atoms with Gasteiger partial charge in [-0.15, -0.1) is 11.8 Å². The van der Waals surface area contributed by atoms with Gasteiger partial charge in [0, 0.05) is 22.0 Å². The van der Waals surface area contributed by atoms with Crippen LogP contribution in [0.5, 0.6) is 0 Å². The molecule has 1 atom stereocenters. The number of carbonyl (C=O) groups is 1. The van der Waals surface area contributed by atoms with Gasteiger partial charge in [-0.1, -0.05) is 13.8 Å². The molecule has 1 aliphatic heterocycles. The largest absolute Gasteiger partial charge is 0.379 e. The van der Waals surface area contributed by atoms with Gasteiger partial charge in [0.25, 0.3) is 0 Å². The van der Waals surface area contributed by atoms with E-state index in [0.717, 1.165) is 12.3 Å². The first-order valence-electron chi connectivity index (χ1n) is 6.76. The van der Waals surface area contributed by atoms with Crippen LogP contribution in [0.1, 0.15) is 13.8 Å². The van der Waals surface area contributed by atoms with Crippen molar-refractivity contribution in [3.8, 4) is 0 Å². The fraction of sp³-hybridized carbons (Fsp3) is 0.533. The van der Waals surface area contributed by atoms with E-state index < -0.39 is 0 Å². The van der Waals surface area contributed by atoms with E-state index >= 15 is 0 Å². The van der Waals surface area contributed by atoms with Crippen LogP contribution in [0.25, 0.3) is 0 Å². The second-order valence-corrected chi connectivity index (χ2v) is 6.59. The summed E-state index contributed by atoms with van der Waals surface area (Å²) < 4.78 is 5.45. The molecule has 1 aromatic rings. The van der Waals surface area contributed by atoms with Crippen LogP contribution >= 0.6 is 11.8 Å². The van der Waals surface area contributed by atoms with Gasteiger partial charge in [0.05, 0.1) is 19.8 Å². The highest BCUT2D eigenvalue weighted by atomic mass is 32.2. The molecule has 1 heterocycles. The van der Waals surface area contributed by atoms with Gasteiger partial charge in [-0.3, -0.25) is 4.79 Å². The molecule has 1 aliphatic rings. The fourth-order valence-electron chi connectivity index (χ4n) is 2.20. The number of benzene rings is 1. The molecule has 0 aliphatic carbocycles. The molecule has 1 unspecified atom stereocenters. The summed E-state index contributed by atoms with van der Waals surface area (Å²) in [6, 6.07) is 8.08. The van der Waals surface area contributed by atoms with Crippen molar-refractivity contribution in [3.63, 3.8) is 0 Å². The Hall–Kier alpha value is -1.04. The Kier molecular flexibility index (Phi) is 5.07. The van der Waals surface area contributed by atoms with Crippen LogP contribution in [-0.4, -0.2) is 38.0 Å². The van der Waals surface area contributed by atoms with Crippen molar-refractivity contribution in [2.75, 3.05) is 31.3 Å². The van der Waals surface area contributed by atoms with Crippen LogP contribution < -0.4 is 10.6 Å². The van der Waals surface area contributed by atoms with Crippen molar-refractivity contribution in [2.45, 2.75) is 24.8 Å². The van der Waals surface area contributed by atoms with E-state index in [-0.39, 0.29) is 17.4 Å². The van der Waals surface area contributed by atoms with Crippen LogP contribution in [0.15, 0.2) is 29.2 Å². The molecule has 2 rings (SSSR count). The van der Waals surface area contributed by atoms with Crippen molar-refractivity contribution in [3.05, 3.63) is 24.3 Å². The minimum atomic E-state index is -0.0235. The van der Waals surface area contributed by atoms with Crippen LogP contribution in [0.4, 0.5) is 5.69 Å². The van der Waals surface area contributed by atoms with Gasteiger partial charge in [0.2, 0.25) is 5.91 Å². The predicted molar refractivity (Wildman–Crippen MR) is 83.2 cm³/mol. The molecule has 1 amide bonds. The molecule has 0 saturated carbocycles. The van der Waals surface area contributed by atoms with E-state index in [1.165, 1.54) is 4.90 Å². The minimum Gasteiger partial charge on any atom is -0.379 e. The summed E-state index contributed by atoms with van der Waals surface area (Å²) in [4.78, 5) is 13.1. The number of anilines is 1. The molecule has 0 radical (unpaired) electrons. The van der Waals surface area contributed by atoms with Crippen molar-refractivity contribution < 1.29 is 9.53 Å². The van der Waals surface area contributed by atoms with Gasteiger partial charge >= 0.3 is 0 Å². The first kappa shape index (κ1) is 15.4. The lowest BCUT2D eigenvalue weighted by atomic mass is 9.88. The third kappa shape index (κ3) is 3.98. The average Bonchev–Trinajstić information content (AvgIpc) is 2.76. The van der Waals surface area contributed by atoms with E-state index in [9.17, 15) is 4.79 Å². The molecule has 1 saturated heterocycles. The Morgan fingerprint density at radius 1 is 1.40 bits per heavy atom. The fourth-order valence-corrected chi connectivity index (χ4v) is 2.60. The summed E-state index contributed by atoms with van der Waals surface area (Å²) in [6.07, 6.45) is 2.03. The zero-order chi connectivity index (χ0) is 14.6. The predicted octanol–water partition coefficient (Wildman–Crippen LogP) is 2.36. The SMILES string of the molecule is CSc1ccc(NC(=O)CNC2COCC2(C)C)cc1. The van der Waals surface area contributed by atoms with Gasteiger partial charge in [0.15, 0.2) is 0 Å². The minimum absolute atomic E-state index is 0.0235. The van der Waals surface area contributed by atoms with Crippen LogP contribution in [0, 0.1) is 5.41 Å². The van der Waals surface area contributed by atoms with Crippen molar-refractivity contribution >= 4 is 23.4 Å². The Bertz CT molecular complexity index is 459. The number of nitrogens with one attached hydrogen (secondary N) is 2. The molecule has 1 fully saturated rings. The second-order valence-electron chi connectivity index (χ2n) is 5.71. The molecule has 20 heavy (non-hydrogen) atoms. The van der Waals surface area contributed by atoms with Gasteiger partial charge in [-0.25, -0.2) is 0 Å². The third-order valence-electron chi connectivity index (χ3n) is 3.58. The van der Waals surface area contributed by atoms with Gasteiger partial charge in [0.1, 0.15) is 0 Å². The normalized spacial score (nSPS) is 20.9. The molecule has 1 aromatic carbocycles. The molecule has 110 valence electrons. The molecule has 0 spiro atoms. The lowest BCUT2D eigenvalue weighted by Crippen LogP contribution is -2.44. The lowest BCUT2D eigenvalue weighted by molar-refractivity contribution is -0.115. The second kappa shape index (κ2) is 6.61. The Balaban J connectivity index is 1.80. The number of amides is 1. The highest BCUT2D eigenvalue weighted by molar-refractivity contribution is 7.98. The van der Waals surface area contributed by atoms with Crippen molar-refractivity contribution in [2.24, 2.45) is 5.41 Å². The highest BCUT2D eigenvalue weighted by Gasteiger charge is 2.35. The average molecular weight is 294 g/mol. The summed E-state index contributed by atoms with van der Waals surface area (Å²) >= 11 is 1.68. The summed E-state index contributed by atoms with van der Waals surface area (Å²) in [6.45, 7) is 6.01. The number of thioether (sulfide) groups is 1. The number of ether oxygens (including phenoxy) is 1. The van der Waals surface area contributed by atoms with Gasteiger partial charge < -0.3 is 15.4 Å².